The van der Waals surface area contributed by atoms with Gasteiger partial charge in [0, 0.05) is 6.42 Å². The quantitative estimate of drug-likeness (QED) is 0.769. The molecule has 1 aromatic carbocycles. The third-order valence-electron chi connectivity index (χ3n) is 2.69. The van der Waals surface area contributed by atoms with Gasteiger partial charge in [0.1, 0.15) is 24.8 Å². The predicted molar refractivity (Wildman–Crippen MR) is 70.4 cm³/mol. The lowest BCUT2D eigenvalue weighted by molar-refractivity contribution is -0.145. The van der Waals surface area contributed by atoms with Gasteiger partial charge in [-0.25, -0.2) is 9.67 Å². The Balaban J connectivity index is 1.91. The van der Waals surface area contributed by atoms with Crippen LogP contribution in [0.3, 0.4) is 0 Å². The van der Waals surface area contributed by atoms with Crippen molar-refractivity contribution in [3.63, 3.8) is 0 Å². The molecule has 1 aromatic heterocycles. The van der Waals surface area contributed by atoms with E-state index in [1.165, 1.54) is 0 Å². The molecule has 0 N–H and O–H groups in total. The molecule has 0 saturated heterocycles. The summed E-state index contributed by atoms with van der Waals surface area (Å²) < 4.78 is 6.81. The van der Waals surface area contributed by atoms with Gasteiger partial charge >= 0.3 is 5.97 Å². The first-order valence-corrected chi connectivity index (χ1v) is 6.29. The number of ether oxygens (including phenoxy) is 1. The topological polar surface area (TPSA) is 57.0 Å². The Morgan fingerprint density at radius 2 is 2.05 bits per heavy atom. The number of aryl methyl sites for hydroxylation is 2. The molecule has 0 aliphatic rings. The van der Waals surface area contributed by atoms with Gasteiger partial charge in [-0.1, -0.05) is 37.3 Å². The summed E-state index contributed by atoms with van der Waals surface area (Å²) in [5, 5.41) is 4.18. The molecule has 2 rings (SSSR count). The van der Waals surface area contributed by atoms with Gasteiger partial charge in [-0.05, 0) is 12.5 Å². The van der Waals surface area contributed by atoms with E-state index in [1.807, 2.05) is 44.2 Å². The highest BCUT2D eigenvalue weighted by molar-refractivity contribution is 5.69. The minimum absolute atomic E-state index is 0.108. The molecule has 0 amide bonds. The van der Waals surface area contributed by atoms with E-state index < -0.39 is 0 Å². The fraction of sp³-hybridized carbons (Fsp3) is 0.357. The minimum Gasteiger partial charge on any atom is -0.459 e. The van der Waals surface area contributed by atoms with E-state index in [0.717, 1.165) is 17.8 Å². The molecule has 0 spiro atoms. The Labute approximate surface area is 112 Å². The summed E-state index contributed by atoms with van der Waals surface area (Å²) in [4.78, 5) is 16.0. The summed E-state index contributed by atoms with van der Waals surface area (Å²) >= 11 is 0. The summed E-state index contributed by atoms with van der Waals surface area (Å²) in [6, 6.07) is 9.60. The number of nitrogens with zero attached hydrogens (tertiary/aromatic N) is 3. The van der Waals surface area contributed by atoms with Crippen LogP contribution in [0.4, 0.5) is 0 Å². The Bertz CT molecular complexity index is 549. The Morgan fingerprint density at radius 3 is 2.74 bits per heavy atom. The van der Waals surface area contributed by atoms with Gasteiger partial charge in [0.2, 0.25) is 0 Å². The molecule has 0 atom stereocenters. The van der Waals surface area contributed by atoms with Gasteiger partial charge in [-0.15, -0.1) is 0 Å². The molecular weight excluding hydrogens is 242 g/mol. The maximum absolute atomic E-state index is 11.8. The third-order valence-corrected chi connectivity index (χ3v) is 2.69. The van der Waals surface area contributed by atoms with Crippen LogP contribution in [0.5, 0.6) is 0 Å². The van der Waals surface area contributed by atoms with E-state index in [-0.39, 0.29) is 19.1 Å². The van der Waals surface area contributed by atoms with Crippen molar-refractivity contribution in [2.45, 2.75) is 33.4 Å². The molecule has 2 aromatic rings. The van der Waals surface area contributed by atoms with Crippen molar-refractivity contribution in [2.24, 2.45) is 0 Å². The van der Waals surface area contributed by atoms with E-state index in [0.29, 0.717) is 5.82 Å². The van der Waals surface area contributed by atoms with Crippen molar-refractivity contribution in [2.75, 3.05) is 0 Å². The summed E-state index contributed by atoms with van der Waals surface area (Å²) in [5.74, 6) is 1.17. The number of rotatable bonds is 5. The standard InChI is InChI=1S/C14H17N3O2/c1-3-13-15-11(2)16-17(13)9-14(18)19-10-12-7-5-4-6-8-12/h4-8H,3,9-10H2,1-2H3. The molecular formula is C14H17N3O2. The Morgan fingerprint density at radius 1 is 1.32 bits per heavy atom. The molecule has 0 radical (unpaired) electrons. The first-order chi connectivity index (χ1) is 9.19. The molecule has 0 aliphatic heterocycles. The summed E-state index contributed by atoms with van der Waals surface area (Å²) in [6.07, 6.45) is 0.743. The normalized spacial score (nSPS) is 10.4. The van der Waals surface area contributed by atoms with Gasteiger partial charge in [-0.3, -0.25) is 4.79 Å². The molecule has 0 bridgehead atoms. The molecule has 19 heavy (non-hydrogen) atoms. The van der Waals surface area contributed by atoms with Crippen LogP contribution in [0.2, 0.25) is 0 Å². The van der Waals surface area contributed by atoms with Crippen LogP contribution >= 0.6 is 0 Å². The van der Waals surface area contributed by atoms with Crippen molar-refractivity contribution in [1.29, 1.82) is 0 Å². The third kappa shape index (κ3) is 3.64. The number of carbonyl (C=O) groups excluding carboxylic acids is 1. The first kappa shape index (κ1) is 13.3. The fourth-order valence-corrected chi connectivity index (χ4v) is 1.79. The SMILES string of the molecule is CCc1nc(C)nn1CC(=O)OCc1ccccc1. The average Bonchev–Trinajstić information content (AvgIpc) is 2.77. The first-order valence-electron chi connectivity index (χ1n) is 6.29. The zero-order chi connectivity index (χ0) is 13.7. The van der Waals surface area contributed by atoms with Gasteiger partial charge in [0.05, 0.1) is 0 Å². The number of carbonyl (C=O) groups is 1. The van der Waals surface area contributed by atoms with Crippen molar-refractivity contribution < 1.29 is 9.53 Å². The lowest BCUT2D eigenvalue weighted by Crippen LogP contribution is -2.16. The highest BCUT2D eigenvalue weighted by atomic mass is 16.5. The van der Waals surface area contributed by atoms with Gasteiger partial charge in [-0.2, -0.15) is 5.10 Å². The smallest absolute Gasteiger partial charge is 0.328 e. The number of hydrogen-bond acceptors (Lipinski definition) is 4. The largest absolute Gasteiger partial charge is 0.459 e. The van der Waals surface area contributed by atoms with Gasteiger partial charge in [0.15, 0.2) is 0 Å². The number of aromatic nitrogens is 3. The summed E-state index contributed by atoms with van der Waals surface area (Å²) in [7, 11) is 0. The van der Waals surface area contributed by atoms with Crippen LogP contribution in [-0.4, -0.2) is 20.7 Å². The van der Waals surface area contributed by atoms with Crippen molar-refractivity contribution >= 4 is 5.97 Å². The monoisotopic (exact) mass is 259 g/mol. The Hall–Kier alpha value is -2.17. The van der Waals surface area contributed by atoms with Crippen LogP contribution in [0.1, 0.15) is 24.1 Å². The van der Waals surface area contributed by atoms with Crippen molar-refractivity contribution in [3.8, 4) is 0 Å². The van der Waals surface area contributed by atoms with Crippen LogP contribution in [0, 0.1) is 6.92 Å². The molecule has 0 unspecified atom stereocenters. The second kappa shape index (κ2) is 6.13. The van der Waals surface area contributed by atoms with Gasteiger partial charge in [0.25, 0.3) is 0 Å². The maximum Gasteiger partial charge on any atom is 0.328 e. The van der Waals surface area contributed by atoms with Crippen molar-refractivity contribution in [1.82, 2.24) is 14.8 Å². The summed E-state index contributed by atoms with van der Waals surface area (Å²) in [5.41, 5.74) is 0.973. The lowest BCUT2D eigenvalue weighted by Gasteiger charge is -2.06. The second-order valence-electron chi connectivity index (χ2n) is 4.23. The van der Waals surface area contributed by atoms with E-state index >= 15 is 0 Å². The minimum atomic E-state index is -0.302. The molecule has 0 aliphatic carbocycles. The zero-order valence-electron chi connectivity index (χ0n) is 11.2. The number of benzene rings is 1. The van der Waals surface area contributed by atoms with Crippen LogP contribution in [-0.2, 0) is 29.1 Å². The van der Waals surface area contributed by atoms with Gasteiger partial charge < -0.3 is 4.74 Å². The lowest BCUT2D eigenvalue weighted by atomic mass is 10.2. The van der Waals surface area contributed by atoms with Crippen molar-refractivity contribution in [3.05, 3.63) is 47.5 Å². The second-order valence-corrected chi connectivity index (χ2v) is 4.23. The molecule has 5 nitrogen and oxygen atoms in total. The van der Waals surface area contributed by atoms with E-state index in [1.54, 1.807) is 4.68 Å². The maximum atomic E-state index is 11.8. The highest BCUT2D eigenvalue weighted by Gasteiger charge is 2.10. The van der Waals surface area contributed by atoms with Crippen LogP contribution in [0.15, 0.2) is 30.3 Å². The van der Waals surface area contributed by atoms with E-state index in [4.69, 9.17) is 4.74 Å². The fourth-order valence-electron chi connectivity index (χ4n) is 1.79. The summed E-state index contributed by atoms with van der Waals surface area (Å²) in [6.45, 7) is 4.19. The van der Waals surface area contributed by atoms with E-state index in [2.05, 4.69) is 10.1 Å². The van der Waals surface area contributed by atoms with Crippen LogP contribution < -0.4 is 0 Å². The predicted octanol–water partition coefficient (Wildman–Crippen LogP) is 1.89. The molecule has 0 saturated carbocycles. The molecule has 5 heteroatoms. The zero-order valence-corrected chi connectivity index (χ0v) is 11.2. The van der Waals surface area contributed by atoms with Crippen LogP contribution in [0.25, 0.3) is 0 Å². The number of esters is 1. The molecule has 1 heterocycles. The highest BCUT2D eigenvalue weighted by Crippen LogP contribution is 2.03. The van der Waals surface area contributed by atoms with E-state index in [9.17, 15) is 4.79 Å². The molecule has 100 valence electrons. The molecule has 0 fully saturated rings. The number of hydrogen-bond donors (Lipinski definition) is 0. The Kier molecular flexibility index (Phi) is 4.28. The average molecular weight is 259 g/mol.